The van der Waals surface area contributed by atoms with Crippen LogP contribution in [0.3, 0.4) is 0 Å². The summed E-state index contributed by atoms with van der Waals surface area (Å²) in [6, 6.07) is 7.17. The molecule has 0 bridgehead atoms. The maximum Gasteiger partial charge on any atom is 0.308 e. The zero-order valence-electron chi connectivity index (χ0n) is 13.8. The van der Waals surface area contributed by atoms with E-state index in [1.165, 1.54) is 11.3 Å². The van der Waals surface area contributed by atoms with E-state index in [0.29, 0.717) is 16.4 Å². The highest BCUT2D eigenvalue weighted by Crippen LogP contribution is 2.34. The zero-order chi connectivity index (χ0) is 18.0. The summed E-state index contributed by atoms with van der Waals surface area (Å²) >= 11 is 7.31. The fraction of sp³-hybridized carbons (Fsp3) is 0.389. The molecule has 0 unspecified atom stereocenters. The van der Waals surface area contributed by atoms with Crippen LogP contribution in [0.1, 0.15) is 39.5 Å². The van der Waals surface area contributed by atoms with E-state index < -0.39 is 11.9 Å². The Balaban J connectivity index is 1.80. The van der Waals surface area contributed by atoms with Gasteiger partial charge in [0.25, 0.3) is 5.91 Å². The SMILES string of the molecule is CCCc1ncc(C(=O)N2C[C@@H](C(=O)O)[C@H](c3ccc(Cl)cc3)C2)s1. The number of aryl methyl sites for hydroxylation is 1. The first-order valence-electron chi connectivity index (χ1n) is 8.21. The van der Waals surface area contributed by atoms with Crippen LogP contribution < -0.4 is 0 Å². The third kappa shape index (κ3) is 3.85. The summed E-state index contributed by atoms with van der Waals surface area (Å²) in [6.45, 7) is 2.67. The van der Waals surface area contributed by atoms with E-state index in [4.69, 9.17) is 11.6 Å². The molecule has 7 heteroatoms. The molecule has 1 aromatic heterocycles. The number of carboxylic acid groups (broad SMARTS) is 1. The number of aliphatic carboxylic acids is 1. The van der Waals surface area contributed by atoms with Crippen LogP contribution in [0, 0.1) is 5.92 Å². The average molecular weight is 379 g/mol. The van der Waals surface area contributed by atoms with Crippen molar-refractivity contribution in [3.8, 4) is 0 Å². The van der Waals surface area contributed by atoms with Crippen molar-refractivity contribution in [1.82, 2.24) is 9.88 Å². The van der Waals surface area contributed by atoms with Gasteiger partial charge in [-0.25, -0.2) is 4.98 Å². The van der Waals surface area contributed by atoms with Crippen LogP contribution in [0.5, 0.6) is 0 Å². The molecule has 1 aliphatic heterocycles. The van der Waals surface area contributed by atoms with Crippen molar-refractivity contribution in [3.05, 3.63) is 50.9 Å². The van der Waals surface area contributed by atoms with Gasteiger partial charge in [0, 0.05) is 24.0 Å². The smallest absolute Gasteiger partial charge is 0.308 e. The van der Waals surface area contributed by atoms with Crippen molar-refractivity contribution >= 4 is 34.8 Å². The quantitative estimate of drug-likeness (QED) is 0.861. The molecule has 1 aliphatic rings. The standard InChI is InChI=1S/C18H19ClN2O3S/c1-2-3-16-20-8-15(25-16)17(22)21-9-13(14(10-21)18(23)24)11-4-6-12(19)7-5-11/h4-8,13-14H,2-3,9-10H2,1H3,(H,23,24)/t13-,14+/m0/s1. The van der Waals surface area contributed by atoms with E-state index in [0.717, 1.165) is 23.4 Å². The first-order chi connectivity index (χ1) is 12.0. The van der Waals surface area contributed by atoms with Crippen molar-refractivity contribution in [2.75, 3.05) is 13.1 Å². The first-order valence-corrected chi connectivity index (χ1v) is 9.41. The van der Waals surface area contributed by atoms with Crippen molar-refractivity contribution in [1.29, 1.82) is 0 Å². The van der Waals surface area contributed by atoms with Crippen LogP contribution in [0.4, 0.5) is 0 Å². The van der Waals surface area contributed by atoms with E-state index in [-0.39, 0.29) is 18.4 Å². The number of benzene rings is 1. The minimum atomic E-state index is -0.883. The van der Waals surface area contributed by atoms with Crippen molar-refractivity contribution < 1.29 is 14.7 Å². The molecule has 0 radical (unpaired) electrons. The molecule has 3 rings (SSSR count). The summed E-state index contributed by atoms with van der Waals surface area (Å²) in [7, 11) is 0. The monoisotopic (exact) mass is 378 g/mol. The second-order valence-corrected chi connectivity index (χ2v) is 7.73. The van der Waals surface area contributed by atoms with Crippen molar-refractivity contribution in [2.24, 2.45) is 5.92 Å². The Bertz CT molecular complexity index is 775. The maximum atomic E-state index is 12.7. The largest absolute Gasteiger partial charge is 0.481 e. The Hall–Kier alpha value is -1.92. The van der Waals surface area contributed by atoms with Gasteiger partial charge in [0.15, 0.2) is 0 Å². The molecule has 2 atom stereocenters. The molecule has 132 valence electrons. The summed E-state index contributed by atoms with van der Waals surface area (Å²) in [6.07, 6.45) is 3.43. The minimum Gasteiger partial charge on any atom is -0.481 e. The zero-order valence-corrected chi connectivity index (χ0v) is 15.4. The summed E-state index contributed by atoms with van der Waals surface area (Å²) < 4.78 is 0. The first kappa shape index (κ1) is 17.9. The molecule has 1 amide bonds. The van der Waals surface area contributed by atoms with Gasteiger partial charge in [0.05, 0.1) is 17.1 Å². The highest BCUT2D eigenvalue weighted by atomic mass is 35.5. The van der Waals surface area contributed by atoms with Crippen LogP contribution in [0.2, 0.25) is 5.02 Å². The molecule has 1 aromatic carbocycles. The second-order valence-electron chi connectivity index (χ2n) is 6.18. The van der Waals surface area contributed by atoms with Gasteiger partial charge in [0.1, 0.15) is 4.88 Å². The molecular formula is C18H19ClN2O3S. The molecule has 1 saturated heterocycles. The predicted molar refractivity (Wildman–Crippen MR) is 97.3 cm³/mol. The fourth-order valence-corrected chi connectivity index (χ4v) is 4.28. The lowest BCUT2D eigenvalue weighted by molar-refractivity contribution is -0.141. The summed E-state index contributed by atoms with van der Waals surface area (Å²) in [4.78, 5) is 30.9. The molecule has 0 spiro atoms. The number of amides is 1. The van der Waals surface area contributed by atoms with Gasteiger partial charge in [0.2, 0.25) is 0 Å². The molecule has 0 saturated carbocycles. The van der Waals surface area contributed by atoms with Crippen molar-refractivity contribution in [3.63, 3.8) is 0 Å². The number of carbonyl (C=O) groups excluding carboxylic acids is 1. The fourth-order valence-electron chi connectivity index (χ4n) is 3.16. The number of thiazole rings is 1. The molecule has 5 nitrogen and oxygen atoms in total. The number of carbonyl (C=O) groups is 2. The molecule has 1 N–H and O–H groups in total. The lowest BCUT2D eigenvalue weighted by atomic mass is 9.89. The Morgan fingerprint density at radius 2 is 2.04 bits per heavy atom. The number of hydrogen-bond acceptors (Lipinski definition) is 4. The molecule has 2 aromatic rings. The van der Waals surface area contributed by atoms with E-state index >= 15 is 0 Å². The normalized spacial score (nSPS) is 20.0. The lowest BCUT2D eigenvalue weighted by Gasteiger charge is -2.15. The van der Waals surface area contributed by atoms with Gasteiger partial charge < -0.3 is 10.0 Å². The number of carboxylic acids is 1. The second kappa shape index (κ2) is 7.54. The van der Waals surface area contributed by atoms with Crippen LogP contribution >= 0.6 is 22.9 Å². The third-order valence-electron chi connectivity index (χ3n) is 4.45. The number of aromatic nitrogens is 1. The molecular weight excluding hydrogens is 360 g/mol. The number of nitrogens with zero attached hydrogens (tertiary/aromatic N) is 2. The van der Waals surface area contributed by atoms with Crippen LogP contribution in [-0.2, 0) is 11.2 Å². The van der Waals surface area contributed by atoms with Crippen LogP contribution in [0.25, 0.3) is 0 Å². The van der Waals surface area contributed by atoms with Crippen molar-refractivity contribution in [2.45, 2.75) is 25.7 Å². The van der Waals surface area contributed by atoms with E-state index in [2.05, 4.69) is 11.9 Å². The number of likely N-dealkylation sites (tertiary alicyclic amines) is 1. The molecule has 1 fully saturated rings. The van der Waals surface area contributed by atoms with Gasteiger partial charge in [-0.3, -0.25) is 9.59 Å². The summed E-state index contributed by atoms with van der Waals surface area (Å²) in [5, 5.41) is 11.1. The number of rotatable bonds is 5. The highest BCUT2D eigenvalue weighted by Gasteiger charge is 2.41. The summed E-state index contributed by atoms with van der Waals surface area (Å²) in [5.41, 5.74) is 0.892. The van der Waals surface area contributed by atoms with E-state index in [1.807, 2.05) is 12.1 Å². The van der Waals surface area contributed by atoms with Gasteiger partial charge in [-0.05, 0) is 30.5 Å². The summed E-state index contributed by atoms with van der Waals surface area (Å²) in [5.74, 6) is -1.87. The Morgan fingerprint density at radius 1 is 1.32 bits per heavy atom. The highest BCUT2D eigenvalue weighted by molar-refractivity contribution is 7.13. The van der Waals surface area contributed by atoms with Gasteiger partial charge in [-0.1, -0.05) is 30.7 Å². The Kier molecular flexibility index (Phi) is 5.39. The maximum absolute atomic E-state index is 12.7. The van der Waals surface area contributed by atoms with E-state index in [1.54, 1.807) is 23.2 Å². The third-order valence-corrected chi connectivity index (χ3v) is 5.75. The lowest BCUT2D eigenvalue weighted by Crippen LogP contribution is -2.29. The number of halogens is 1. The predicted octanol–water partition coefficient (Wildman–Crippen LogP) is 3.69. The molecule has 0 aliphatic carbocycles. The average Bonchev–Trinajstić information content (AvgIpc) is 3.22. The Labute approximate surface area is 155 Å². The van der Waals surface area contributed by atoms with Gasteiger partial charge in [-0.15, -0.1) is 11.3 Å². The molecule has 2 heterocycles. The minimum absolute atomic E-state index is 0.137. The van der Waals surface area contributed by atoms with E-state index in [9.17, 15) is 14.7 Å². The van der Waals surface area contributed by atoms with Crippen LogP contribution in [0.15, 0.2) is 30.5 Å². The van der Waals surface area contributed by atoms with Gasteiger partial charge >= 0.3 is 5.97 Å². The number of hydrogen-bond donors (Lipinski definition) is 1. The molecule has 25 heavy (non-hydrogen) atoms. The topological polar surface area (TPSA) is 70.5 Å². The van der Waals surface area contributed by atoms with Crippen LogP contribution in [-0.4, -0.2) is 40.0 Å². The Morgan fingerprint density at radius 3 is 2.68 bits per heavy atom. The van der Waals surface area contributed by atoms with Gasteiger partial charge in [-0.2, -0.15) is 0 Å².